The smallest absolute Gasteiger partial charge is 0.335 e. The van der Waals surface area contributed by atoms with Crippen molar-refractivity contribution in [3.05, 3.63) is 54.1 Å². The number of nitrogens with one attached hydrogen (secondary N) is 1. The molecular weight excluding hydrogens is 346 g/mol. The molecule has 0 radical (unpaired) electrons. The zero-order valence-electron chi connectivity index (χ0n) is 14.6. The van der Waals surface area contributed by atoms with Crippen molar-refractivity contribution in [3.63, 3.8) is 0 Å². The molecule has 0 aliphatic carbocycles. The summed E-state index contributed by atoms with van der Waals surface area (Å²) in [6.45, 7) is 1.39. The van der Waals surface area contributed by atoms with Crippen LogP contribution in [0.5, 0.6) is 0 Å². The minimum Gasteiger partial charge on any atom is -0.478 e. The Labute approximate surface area is 155 Å². The molecule has 0 saturated carbocycles. The van der Waals surface area contributed by atoms with Gasteiger partial charge in [-0.25, -0.2) is 4.79 Å². The topological polar surface area (TPSA) is 95.7 Å². The van der Waals surface area contributed by atoms with E-state index in [-0.39, 0.29) is 17.4 Å². The molecular formula is C20H19N3O4. The highest BCUT2D eigenvalue weighted by Gasteiger charge is 2.27. The number of anilines is 2. The van der Waals surface area contributed by atoms with E-state index in [1.54, 1.807) is 12.1 Å². The van der Waals surface area contributed by atoms with Gasteiger partial charge in [0.1, 0.15) is 5.52 Å². The second kappa shape index (κ2) is 7.11. The van der Waals surface area contributed by atoms with E-state index in [0.717, 1.165) is 11.1 Å². The zero-order chi connectivity index (χ0) is 18.8. The van der Waals surface area contributed by atoms with Gasteiger partial charge in [0.25, 0.3) is 6.01 Å². The lowest BCUT2D eigenvalue weighted by Gasteiger charge is -2.30. The van der Waals surface area contributed by atoms with Crippen LogP contribution in [-0.2, 0) is 4.79 Å². The third-order valence-electron chi connectivity index (χ3n) is 4.82. The summed E-state index contributed by atoms with van der Waals surface area (Å²) in [4.78, 5) is 29.9. The Bertz CT molecular complexity index is 939. The van der Waals surface area contributed by atoms with Crippen molar-refractivity contribution in [1.82, 2.24) is 4.98 Å². The molecule has 1 saturated heterocycles. The first-order valence-corrected chi connectivity index (χ1v) is 8.85. The molecule has 1 amide bonds. The molecule has 0 unspecified atom stereocenters. The molecule has 0 atom stereocenters. The first kappa shape index (κ1) is 17.1. The molecule has 3 aromatic rings. The van der Waals surface area contributed by atoms with Crippen LogP contribution in [0.25, 0.3) is 11.1 Å². The quantitative estimate of drug-likeness (QED) is 0.736. The van der Waals surface area contributed by atoms with Gasteiger partial charge in [-0.1, -0.05) is 12.1 Å². The molecule has 0 spiro atoms. The number of nitrogens with zero attached hydrogens (tertiary/aromatic N) is 2. The fourth-order valence-electron chi connectivity index (χ4n) is 3.27. The van der Waals surface area contributed by atoms with Gasteiger partial charge >= 0.3 is 5.97 Å². The number of carbonyl (C=O) groups excluding carboxylic acids is 1. The van der Waals surface area contributed by atoms with E-state index in [2.05, 4.69) is 15.2 Å². The predicted octanol–water partition coefficient (Wildman–Crippen LogP) is 3.38. The van der Waals surface area contributed by atoms with Crippen molar-refractivity contribution in [2.45, 2.75) is 12.8 Å². The van der Waals surface area contributed by atoms with Crippen molar-refractivity contribution < 1.29 is 19.1 Å². The molecule has 2 heterocycles. The fraction of sp³-hybridized carbons (Fsp3) is 0.250. The average molecular weight is 365 g/mol. The molecule has 1 aliphatic rings. The van der Waals surface area contributed by atoms with Gasteiger partial charge in [0, 0.05) is 24.7 Å². The minimum absolute atomic E-state index is 0.0460. The van der Waals surface area contributed by atoms with Crippen LogP contribution in [0.3, 0.4) is 0 Å². The van der Waals surface area contributed by atoms with Crippen LogP contribution in [-0.4, -0.2) is 35.1 Å². The summed E-state index contributed by atoms with van der Waals surface area (Å²) >= 11 is 0. The van der Waals surface area contributed by atoms with Crippen LogP contribution < -0.4 is 10.2 Å². The van der Waals surface area contributed by atoms with Crippen LogP contribution >= 0.6 is 0 Å². The minimum atomic E-state index is -0.987. The van der Waals surface area contributed by atoms with Crippen molar-refractivity contribution in [2.24, 2.45) is 5.92 Å². The molecule has 1 aliphatic heterocycles. The Kier molecular flexibility index (Phi) is 4.50. The molecule has 138 valence electrons. The van der Waals surface area contributed by atoms with Gasteiger partial charge in [-0.2, -0.15) is 4.98 Å². The third kappa shape index (κ3) is 3.62. The lowest BCUT2D eigenvalue weighted by molar-refractivity contribution is -0.120. The van der Waals surface area contributed by atoms with Crippen LogP contribution in [0.15, 0.2) is 52.9 Å². The monoisotopic (exact) mass is 365 g/mol. The molecule has 2 N–H and O–H groups in total. The van der Waals surface area contributed by atoms with Crippen molar-refractivity contribution in [1.29, 1.82) is 0 Å². The predicted molar refractivity (Wildman–Crippen MR) is 101 cm³/mol. The third-order valence-corrected chi connectivity index (χ3v) is 4.82. The number of rotatable bonds is 4. The Balaban J connectivity index is 1.35. The number of oxazole rings is 1. The van der Waals surface area contributed by atoms with Gasteiger partial charge in [-0.15, -0.1) is 0 Å². The Morgan fingerprint density at radius 2 is 1.78 bits per heavy atom. The first-order valence-electron chi connectivity index (χ1n) is 8.85. The fourth-order valence-corrected chi connectivity index (χ4v) is 3.27. The largest absolute Gasteiger partial charge is 0.478 e. The van der Waals surface area contributed by atoms with E-state index in [0.29, 0.717) is 37.6 Å². The number of carboxylic acids is 1. The molecule has 4 rings (SSSR count). The number of benzene rings is 2. The van der Waals surface area contributed by atoms with Gasteiger partial charge < -0.3 is 19.7 Å². The second-order valence-electron chi connectivity index (χ2n) is 6.60. The van der Waals surface area contributed by atoms with E-state index in [4.69, 9.17) is 9.52 Å². The number of aromatic nitrogens is 1. The van der Waals surface area contributed by atoms with Crippen LogP contribution in [0.1, 0.15) is 23.2 Å². The molecule has 1 aromatic heterocycles. The van der Waals surface area contributed by atoms with Gasteiger partial charge in [0.05, 0.1) is 5.56 Å². The Hall–Kier alpha value is -3.35. The van der Waals surface area contributed by atoms with Gasteiger partial charge in [0.2, 0.25) is 5.91 Å². The highest BCUT2D eigenvalue weighted by molar-refractivity contribution is 5.94. The summed E-state index contributed by atoms with van der Waals surface area (Å²) in [5.74, 6) is -1.13. The van der Waals surface area contributed by atoms with E-state index in [9.17, 15) is 9.59 Å². The SMILES string of the molecule is O=C(O)c1ccc(NC(=O)C2CCN(c3nc4ccccc4o3)CC2)cc1. The van der Waals surface area contributed by atoms with Crippen molar-refractivity contribution >= 4 is 34.7 Å². The molecule has 7 heteroatoms. The highest BCUT2D eigenvalue weighted by Crippen LogP contribution is 2.27. The normalized spacial score (nSPS) is 15.0. The second-order valence-corrected chi connectivity index (χ2v) is 6.60. The molecule has 7 nitrogen and oxygen atoms in total. The lowest BCUT2D eigenvalue weighted by atomic mass is 9.96. The van der Waals surface area contributed by atoms with Gasteiger partial charge in [0.15, 0.2) is 5.58 Å². The summed E-state index contributed by atoms with van der Waals surface area (Å²) in [6, 6.07) is 14.4. The first-order chi connectivity index (χ1) is 13.1. The van der Waals surface area contributed by atoms with Gasteiger partial charge in [-0.3, -0.25) is 4.79 Å². The van der Waals surface area contributed by atoms with Gasteiger partial charge in [-0.05, 0) is 49.2 Å². The van der Waals surface area contributed by atoms with Crippen LogP contribution in [0.2, 0.25) is 0 Å². The highest BCUT2D eigenvalue weighted by atomic mass is 16.4. The number of aromatic carboxylic acids is 1. The number of hydrogen-bond donors (Lipinski definition) is 2. The zero-order valence-corrected chi connectivity index (χ0v) is 14.6. The van der Waals surface area contributed by atoms with E-state index in [1.165, 1.54) is 12.1 Å². The lowest BCUT2D eigenvalue weighted by Crippen LogP contribution is -2.38. The number of carbonyl (C=O) groups is 2. The number of carboxylic acid groups (broad SMARTS) is 1. The number of para-hydroxylation sites is 2. The van der Waals surface area contributed by atoms with Crippen molar-refractivity contribution in [3.8, 4) is 0 Å². The number of piperidine rings is 1. The maximum absolute atomic E-state index is 12.5. The Morgan fingerprint density at radius 1 is 1.07 bits per heavy atom. The summed E-state index contributed by atoms with van der Waals surface area (Å²) in [6.07, 6.45) is 1.41. The maximum atomic E-state index is 12.5. The Morgan fingerprint density at radius 3 is 2.44 bits per heavy atom. The summed E-state index contributed by atoms with van der Waals surface area (Å²) < 4.78 is 5.80. The summed E-state index contributed by atoms with van der Waals surface area (Å²) in [5, 5.41) is 11.8. The standard InChI is InChI=1S/C20H19N3O4/c24-18(21-15-7-5-14(6-8-15)19(25)26)13-9-11-23(12-10-13)20-22-16-3-1-2-4-17(16)27-20/h1-8,13H,9-12H2,(H,21,24)(H,25,26). The van der Waals surface area contributed by atoms with E-state index >= 15 is 0 Å². The maximum Gasteiger partial charge on any atom is 0.335 e. The number of fused-ring (bicyclic) bond motifs is 1. The van der Waals surface area contributed by atoms with E-state index < -0.39 is 5.97 Å². The molecule has 0 bridgehead atoms. The molecule has 1 fully saturated rings. The number of amides is 1. The summed E-state index contributed by atoms with van der Waals surface area (Å²) in [5.41, 5.74) is 2.39. The molecule has 2 aromatic carbocycles. The van der Waals surface area contributed by atoms with Crippen molar-refractivity contribution in [2.75, 3.05) is 23.3 Å². The number of hydrogen-bond acceptors (Lipinski definition) is 5. The van der Waals surface area contributed by atoms with E-state index in [1.807, 2.05) is 24.3 Å². The molecule has 27 heavy (non-hydrogen) atoms. The van der Waals surface area contributed by atoms with Crippen LogP contribution in [0, 0.1) is 5.92 Å². The summed E-state index contributed by atoms with van der Waals surface area (Å²) in [7, 11) is 0. The van der Waals surface area contributed by atoms with Crippen LogP contribution in [0.4, 0.5) is 11.7 Å². The average Bonchev–Trinajstić information content (AvgIpc) is 3.13.